The molecule has 2 aromatic carbocycles. The van der Waals surface area contributed by atoms with E-state index in [1.54, 1.807) is 29.9 Å². The Morgan fingerprint density at radius 1 is 1.15 bits per heavy atom. The summed E-state index contributed by atoms with van der Waals surface area (Å²) in [6, 6.07) is 14.9. The SMILES string of the molecule is C[C@@]1(C2CC2)NC(=O)N(CC(=O)NCc2cn(-c3ccccc3)nc2-c2ccc(F)cc2)C1=O. The molecule has 1 atom stereocenters. The van der Waals surface area contributed by atoms with Gasteiger partial charge in [-0.1, -0.05) is 18.2 Å². The molecule has 3 aromatic rings. The molecule has 5 rings (SSSR count). The van der Waals surface area contributed by atoms with Crippen molar-refractivity contribution in [2.75, 3.05) is 6.54 Å². The van der Waals surface area contributed by atoms with Crippen LogP contribution in [0.2, 0.25) is 0 Å². The van der Waals surface area contributed by atoms with Gasteiger partial charge in [-0.2, -0.15) is 5.10 Å². The van der Waals surface area contributed by atoms with Crippen molar-refractivity contribution in [3.63, 3.8) is 0 Å². The summed E-state index contributed by atoms with van der Waals surface area (Å²) < 4.78 is 15.1. The highest BCUT2D eigenvalue weighted by molar-refractivity contribution is 6.09. The lowest BCUT2D eigenvalue weighted by Gasteiger charge is -2.20. The van der Waals surface area contributed by atoms with Crippen LogP contribution in [0.5, 0.6) is 0 Å². The fourth-order valence-corrected chi connectivity index (χ4v) is 4.29. The number of aromatic nitrogens is 2. The first-order chi connectivity index (χ1) is 16.3. The zero-order valence-corrected chi connectivity index (χ0v) is 18.6. The number of amides is 4. The van der Waals surface area contributed by atoms with Crippen LogP contribution in [0.25, 0.3) is 16.9 Å². The molecular formula is C25H24FN5O3. The fourth-order valence-electron chi connectivity index (χ4n) is 4.29. The van der Waals surface area contributed by atoms with Crippen LogP contribution in [0, 0.1) is 11.7 Å². The van der Waals surface area contributed by atoms with Crippen molar-refractivity contribution in [1.29, 1.82) is 0 Å². The average Bonchev–Trinajstić information content (AvgIpc) is 3.58. The Labute approximate surface area is 195 Å². The Hall–Kier alpha value is -4.01. The third-order valence-corrected chi connectivity index (χ3v) is 6.40. The van der Waals surface area contributed by atoms with Gasteiger partial charge in [-0.05, 0) is 62.1 Å². The van der Waals surface area contributed by atoms with Crippen LogP contribution in [0.4, 0.5) is 9.18 Å². The lowest BCUT2D eigenvalue weighted by atomic mass is 9.96. The van der Waals surface area contributed by atoms with Crippen molar-refractivity contribution in [3.05, 3.63) is 72.2 Å². The van der Waals surface area contributed by atoms with Crippen LogP contribution in [0.3, 0.4) is 0 Å². The maximum Gasteiger partial charge on any atom is 0.325 e. The van der Waals surface area contributed by atoms with Crippen molar-refractivity contribution in [2.24, 2.45) is 5.92 Å². The lowest BCUT2D eigenvalue weighted by Crippen LogP contribution is -2.46. The van der Waals surface area contributed by atoms with E-state index in [1.165, 1.54) is 12.1 Å². The molecule has 2 aliphatic rings. The summed E-state index contributed by atoms with van der Waals surface area (Å²) in [6.07, 6.45) is 3.58. The molecule has 8 nitrogen and oxygen atoms in total. The second-order valence-electron chi connectivity index (χ2n) is 8.86. The number of hydrogen-bond donors (Lipinski definition) is 2. The number of urea groups is 1. The Bertz CT molecular complexity index is 1250. The van der Waals surface area contributed by atoms with Gasteiger partial charge in [0.15, 0.2) is 0 Å². The van der Waals surface area contributed by atoms with Crippen LogP contribution in [0.15, 0.2) is 60.8 Å². The molecular weight excluding hydrogens is 437 g/mol. The van der Waals surface area contributed by atoms with Gasteiger partial charge in [-0.3, -0.25) is 14.5 Å². The molecule has 1 aliphatic carbocycles. The summed E-state index contributed by atoms with van der Waals surface area (Å²) in [4.78, 5) is 38.8. The Balaban J connectivity index is 1.33. The van der Waals surface area contributed by atoms with Crippen LogP contribution in [0.1, 0.15) is 25.3 Å². The van der Waals surface area contributed by atoms with E-state index >= 15 is 0 Å². The molecule has 1 saturated carbocycles. The molecule has 1 aromatic heterocycles. The first-order valence-electron chi connectivity index (χ1n) is 11.2. The molecule has 1 aliphatic heterocycles. The quantitative estimate of drug-likeness (QED) is 0.529. The van der Waals surface area contributed by atoms with Gasteiger partial charge in [0.2, 0.25) is 5.91 Å². The second kappa shape index (κ2) is 8.40. The summed E-state index contributed by atoms with van der Waals surface area (Å²) in [5, 5.41) is 10.2. The number of carbonyl (C=O) groups excluding carboxylic acids is 3. The van der Waals surface area contributed by atoms with Gasteiger partial charge in [0.25, 0.3) is 5.91 Å². The van der Waals surface area contributed by atoms with Gasteiger partial charge >= 0.3 is 6.03 Å². The minimum atomic E-state index is -0.927. The van der Waals surface area contributed by atoms with Crippen molar-refractivity contribution < 1.29 is 18.8 Å². The van der Waals surface area contributed by atoms with Crippen LogP contribution in [-0.4, -0.2) is 44.6 Å². The third kappa shape index (κ3) is 4.05. The summed E-state index contributed by atoms with van der Waals surface area (Å²) >= 11 is 0. The summed E-state index contributed by atoms with van der Waals surface area (Å²) in [7, 11) is 0. The monoisotopic (exact) mass is 461 g/mol. The molecule has 174 valence electrons. The van der Waals surface area contributed by atoms with Crippen molar-refractivity contribution >= 4 is 17.8 Å². The number of halogens is 1. The van der Waals surface area contributed by atoms with E-state index in [4.69, 9.17) is 0 Å². The minimum absolute atomic E-state index is 0.124. The number of imide groups is 1. The van der Waals surface area contributed by atoms with Gasteiger partial charge in [0, 0.05) is 23.9 Å². The lowest BCUT2D eigenvalue weighted by molar-refractivity contribution is -0.135. The summed E-state index contributed by atoms with van der Waals surface area (Å²) in [6.45, 7) is 1.49. The predicted molar refractivity (Wildman–Crippen MR) is 122 cm³/mol. The number of benzene rings is 2. The zero-order valence-electron chi connectivity index (χ0n) is 18.6. The molecule has 4 amide bonds. The molecule has 0 unspecified atom stereocenters. The minimum Gasteiger partial charge on any atom is -0.350 e. The maximum absolute atomic E-state index is 13.4. The first-order valence-corrected chi connectivity index (χ1v) is 11.2. The number of hydrogen-bond acceptors (Lipinski definition) is 4. The normalized spacial score (nSPS) is 19.9. The van der Waals surface area contributed by atoms with Crippen molar-refractivity contribution in [1.82, 2.24) is 25.3 Å². The largest absolute Gasteiger partial charge is 0.350 e. The Morgan fingerprint density at radius 2 is 1.85 bits per heavy atom. The van der Waals surface area contributed by atoms with Gasteiger partial charge < -0.3 is 10.6 Å². The van der Waals surface area contributed by atoms with E-state index in [-0.39, 0.29) is 30.7 Å². The first kappa shape index (κ1) is 21.8. The molecule has 9 heteroatoms. The highest BCUT2D eigenvalue weighted by Crippen LogP contribution is 2.42. The molecule has 2 heterocycles. The highest BCUT2D eigenvalue weighted by Gasteiger charge is 2.56. The highest BCUT2D eigenvalue weighted by atomic mass is 19.1. The van der Waals surface area contributed by atoms with Crippen LogP contribution < -0.4 is 10.6 Å². The fraction of sp³-hybridized carbons (Fsp3) is 0.280. The molecule has 0 bridgehead atoms. The predicted octanol–water partition coefficient (Wildman–Crippen LogP) is 3.02. The molecule has 0 spiro atoms. The van der Waals surface area contributed by atoms with Crippen LogP contribution in [-0.2, 0) is 16.1 Å². The van der Waals surface area contributed by atoms with Gasteiger partial charge in [0.1, 0.15) is 17.9 Å². The molecule has 34 heavy (non-hydrogen) atoms. The number of para-hydroxylation sites is 1. The van der Waals surface area contributed by atoms with E-state index in [0.717, 1.165) is 23.4 Å². The van der Waals surface area contributed by atoms with Crippen molar-refractivity contribution in [3.8, 4) is 16.9 Å². The standard InChI is InChI=1S/C25H24FN5O3/c1-25(18-9-10-18)23(33)30(24(34)28-25)15-21(32)27-13-17-14-31(20-5-3-2-4-6-20)29-22(17)16-7-11-19(26)12-8-16/h2-8,11-12,14,18H,9-10,13,15H2,1H3,(H,27,32)(H,28,34)/t25-/m0/s1. The topological polar surface area (TPSA) is 96.3 Å². The number of carbonyl (C=O) groups is 3. The molecule has 1 saturated heterocycles. The molecule has 2 N–H and O–H groups in total. The summed E-state index contributed by atoms with van der Waals surface area (Å²) in [5.74, 6) is -1.05. The smallest absolute Gasteiger partial charge is 0.325 e. The van der Waals surface area contributed by atoms with E-state index in [1.807, 2.05) is 30.3 Å². The van der Waals surface area contributed by atoms with Gasteiger partial charge in [-0.25, -0.2) is 13.9 Å². The van der Waals surface area contributed by atoms with E-state index in [0.29, 0.717) is 16.8 Å². The van der Waals surface area contributed by atoms with E-state index < -0.39 is 17.5 Å². The van der Waals surface area contributed by atoms with E-state index in [2.05, 4.69) is 15.7 Å². The van der Waals surface area contributed by atoms with Gasteiger partial charge in [0.05, 0.1) is 11.4 Å². The Kier molecular flexibility index (Phi) is 5.39. The number of nitrogens with zero attached hydrogens (tertiary/aromatic N) is 3. The zero-order chi connectivity index (χ0) is 23.9. The summed E-state index contributed by atoms with van der Waals surface area (Å²) in [5.41, 5.74) is 1.92. The van der Waals surface area contributed by atoms with Crippen molar-refractivity contribution in [2.45, 2.75) is 31.8 Å². The second-order valence-corrected chi connectivity index (χ2v) is 8.86. The third-order valence-electron chi connectivity index (χ3n) is 6.40. The van der Waals surface area contributed by atoms with Gasteiger partial charge in [-0.15, -0.1) is 0 Å². The molecule has 0 radical (unpaired) electrons. The van der Waals surface area contributed by atoms with Crippen LogP contribution >= 0.6 is 0 Å². The Morgan fingerprint density at radius 3 is 2.53 bits per heavy atom. The van der Waals surface area contributed by atoms with E-state index in [9.17, 15) is 18.8 Å². The number of nitrogens with one attached hydrogen (secondary N) is 2. The maximum atomic E-state index is 13.4. The number of rotatable bonds is 7. The molecule has 2 fully saturated rings. The average molecular weight is 461 g/mol.